The minimum atomic E-state index is -0.522. The molecule has 1 rings (SSSR count). The van der Waals surface area contributed by atoms with Gasteiger partial charge in [-0.2, -0.15) is 5.10 Å². The highest BCUT2D eigenvalue weighted by molar-refractivity contribution is 7.98. The van der Waals surface area contributed by atoms with E-state index >= 15 is 0 Å². The van der Waals surface area contributed by atoms with E-state index in [1.165, 1.54) is 18.0 Å². The Morgan fingerprint density at radius 3 is 3.00 bits per heavy atom. The normalized spacial score (nSPS) is 12.9. The summed E-state index contributed by atoms with van der Waals surface area (Å²) in [6, 6.07) is 0. The molecule has 0 unspecified atom stereocenters. The maximum Gasteiger partial charge on any atom is 0.209 e. The molecule has 4 nitrogen and oxygen atoms in total. The summed E-state index contributed by atoms with van der Waals surface area (Å²) in [6.07, 6.45) is 3.49. The summed E-state index contributed by atoms with van der Waals surface area (Å²) in [6.45, 7) is 1.89. The number of aromatic nitrogens is 3. The number of aliphatic hydroxyl groups is 1. The monoisotopic (exact) mass is 185 g/mol. The second-order valence-corrected chi connectivity index (χ2v) is 3.07. The summed E-state index contributed by atoms with van der Waals surface area (Å²) in [4.78, 5) is 4.10. The third kappa shape index (κ3) is 2.15. The summed E-state index contributed by atoms with van der Waals surface area (Å²) in [5, 5.41) is 17.5. The topological polar surface area (TPSA) is 58.9 Å². The van der Waals surface area contributed by atoms with Crippen molar-refractivity contribution in [2.45, 2.75) is 24.6 Å². The smallest absolute Gasteiger partial charge is 0.209 e. The first-order chi connectivity index (χ1) is 5.77. The lowest BCUT2D eigenvalue weighted by molar-refractivity contribution is 0.167. The summed E-state index contributed by atoms with van der Waals surface area (Å²) >= 11 is 1.42. The first-order valence-electron chi connectivity index (χ1n) is 3.69. The van der Waals surface area contributed by atoms with E-state index < -0.39 is 6.10 Å². The molecule has 1 aromatic heterocycles. The van der Waals surface area contributed by atoms with Crippen LogP contribution in [0.3, 0.4) is 0 Å². The Balaban J connectivity index is 2.86. The van der Waals surface area contributed by atoms with Crippen LogP contribution in [0.1, 0.15) is 25.1 Å². The molecule has 0 aliphatic heterocycles. The molecule has 0 saturated carbocycles. The van der Waals surface area contributed by atoms with Gasteiger partial charge < -0.3 is 5.11 Å². The van der Waals surface area contributed by atoms with Gasteiger partial charge in [0, 0.05) is 0 Å². The van der Waals surface area contributed by atoms with Gasteiger partial charge in [-0.15, -0.1) is 5.10 Å². The van der Waals surface area contributed by atoms with Gasteiger partial charge in [-0.1, -0.05) is 18.7 Å². The Labute approximate surface area is 75.4 Å². The fourth-order valence-corrected chi connectivity index (χ4v) is 1.08. The van der Waals surface area contributed by atoms with Crippen molar-refractivity contribution < 1.29 is 5.11 Å². The number of thioether (sulfide) groups is 1. The average molecular weight is 185 g/mol. The van der Waals surface area contributed by atoms with E-state index in [9.17, 15) is 5.11 Å². The van der Waals surface area contributed by atoms with E-state index in [0.29, 0.717) is 17.3 Å². The zero-order chi connectivity index (χ0) is 8.97. The number of hydrogen-bond acceptors (Lipinski definition) is 5. The molecule has 1 aromatic rings. The van der Waals surface area contributed by atoms with Crippen LogP contribution >= 0.6 is 11.8 Å². The zero-order valence-electron chi connectivity index (χ0n) is 7.06. The number of aliphatic hydroxyl groups excluding tert-OH is 1. The Morgan fingerprint density at radius 1 is 1.67 bits per heavy atom. The summed E-state index contributed by atoms with van der Waals surface area (Å²) in [5.41, 5.74) is 0.594. The van der Waals surface area contributed by atoms with Crippen molar-refractivity contribution in [1.29, 1.82) is 0 Å². The van der Waals surface area contributed by atoms with E-state index in [2.05, 4.69) is 15.2 Å². The standard InChI is InChI=1S/C7H11N3OS/c1-3-6(11)5-4-8-10-7(9-5)12-2/h4,6,11H,3H2,1-2H3/t6-/m0/s1. The highest BCUT2D eigenvalue weighted by Gasteiger charge is 2.07. The lowest BCUT2D eigenvalue weighted by Gasteiger charge is -2.05. The van der Waals surface area contributed by atoms with Gasteiger partial charge in [-0.05, 0) is 12.7 Å². The first kappa shape index (κ1) is 9.41. The predicted molar refractivity (Wildman–Crippen MR) is 46.9 cm³/mol. The summed E-state index contributed by atoms with van der Waals surface area (Å²) < 4.78 is 0. The van der Waals surface area contributed by atoms with Crippen molar-refractivity contribution in [3.05, 3.63) is 11.9 Å². The van der Waals surface area contributed by atoms with Crippen molar-refractivity contribution in [3.63, 3.8) is 0 Å². The second kappa shape index (κ2) is 4.37. The van der Waals surface area contributed by atoms with Gasteiger partial charge in [-0.25, -0.2) is 4.98 Å². The van der Waals surface area contributed by atoms with Gasteiger partial charge >= 0.3 is 0 Å². The third-order valence-electron chi connectivity index (χ3n) is 1.47. The molecule has 0 fully saturated rings. The Morgan fingerprint density at radius 2 is 2.42 bits per heavy atom. The lowest BCUT2D eigenvalue weighted by atomic mass is 10.2. The number of rotatable bonds is 3. The van der Waals surface area contributed by atoms with Gasteiger partial charge in [0.25, 0.3) is 0 Å². The molecule has 1 N–H and O–H groups in total. The Hall–Kier alpha value is -0.680. The van der Waals surface area contributed by atoms with Crippen LogP contribution in [-0.4, -0.2) is 26.5 Å². The van der Waals surface area contributed by atoms with Gasteiger partial charge in [0.05, 0.1) is 18.0 Å². The molecule has 0 bridgehead atoms. The quantitative estimate of drug-likeness (QED) is 0.713. The Kier molecular flexibility index (Phi) is 3.43. The summed E-state index contributed by atoms with van der Waals surface area (Å²) in [7, 11) is 0. The van der Waals surface area contributed by atoms with Gasteiger partial charge in [0.15, 0.2) is 0 Å². The molecule has 0 radical (unpaired) electrons. The van der Waals surface area contributed by atoms with E-state index in [0.717, 1.165) is 0 Å². The van der Waals surface area contributed by atoms with Crippen molar-refractivity contribution in [2.75, 3.05) is 6.26 Å². The van der Waals surface area contributed by atoms with Crippen LogP contribution in [0.4, 0.5) is 0 Å². The summed E-state index contributed by atoms with van der Waals surface area (Å²) in [5.74, 6) is 0. The van der Waals surface area contributed by atoms with Crippen LogP contribution in [0.25, 0.3) is 0 Å². The molecule has 0 aliphatic rings. The SMILES string of the molecule is CC[C@H](O)c1cnnc(SC)n1. The molecular formula is C7H11N3OS. The molecule has 66 valence electrons. The second-order valence-electron chi connectivity index (χ2n) is 2.29. The molecule has 0 amide bonds. The molecule has 5 heteroatoms. The molecule has 0 aromatic carbocycles. The van der Waals surface area contributed by atoms with Crippen LogP contribution in [-0.2, 0) is 0 Å². The lowest BCUT2D eigenvalue weighted by Crippen LogP contribution is -2.02. The van der Waals surface area contributed by atoms with Crippen LogP contribution in [0.5, 0.6) is 0 Å². The third-order valence-corrected chi connectivity index (χ3v) is 2.01. The largest absolute Gasteiger partial charge is 0.387 e. The predicted octanol–water partition coefficient (Wildman–Crippen LogP) is 1.04. The van der Waals surface area contributed by atoms with Gasteiger partial charge in [-0.3, -0.25) is 0 Å². The highest BCUT2D eigenvalue weighted by atomic mass is 32.2. The van der Waals surface area contributed by atoms with Crippen LogP contribution in [0, 0.1) is 0 Å². The van der Waals surface area contributed by atoms with Gasteiger partial charge in [0.2, 0.25) is 5.16 Å². The minimum absolute atomic E-state index is 0.522. The molecule has 0 saturated heterocycles. The molecule has 1 atom stereocenters. The maximum absolute atomic E-state index is 9.41. The molecule has 1 heterocycles. The van der Waals surface area contributed by atoms with E-state index in [-0.39, 0.29) is 0 Å². The fourth-order valence-electron chi connectivity index (χ4n) is 0.755. The Bertz CT molecular complexity index is 256. The molecule has 0 aliphatic carbocycles. The highest BCUT2D eigenvalue weighted by Crippen LogP contribution is 2.14. The van der Waals surface area contributed by atoms with E-state index in [1.54, 1.807) is 0 Å². The zero-order valence-corrected chi connectivity index (χ0v) is 7.88. The maximum atomic E-state index is 9.41. The van der Waals surface area contributed by atoms with E-state index in [1.807, 2.05) is 13.2 Å². The van der Waals surface area contributed by atoms with Crippen molar-refractivity contribution in [3.8, 4) is 0 Å². The molecule has 0 spiro atoms. The molecule has 12 heavy (non-hydrogen) atoms. The van der Waals surface area contributed by atoms with Crippen LogP contribution < -0.4 is 0 Å². The van der Waals surface area contributed by atoms with Crippen LogP contribution in [0.15, 0.2) is 11.4 Å². The average Bonchev–Trinajstić information content (AvgIpc) is 2.17. The number of hydrogen-bond donors (Lipinski definition) is 1. The van der Waals surface area contributed by atoms with Gasteiger partial charge in [0.1, 0.15) is 0 Å². The number of nitrogens with zero attached hydrogens (tertiary/aromatic N) is 3. The van der Waals surface area contributed by atoms with E-state index in [4.69, 9.17) is 0 Å². The van der Waals surface area contributed by atoms with Crippen molar-refractivity contribution in [1.82, 2.24) is 15.2 Å². The molecular weight excluding hydrogens is 174 g/mol. The minimum Gasteiger partial charge on any atom is -0.387 e. The first-order valence-corrected chi connectivity index (χ1v) is 4.92. The fraction of sp³-hybridized carbons (Fsp3) is 0.571. The van der Waals surface area contributed by atoms with Crippen molar-refractivity contribution in [2.24, 2.45) is 0 Å². The van der Waals surface area contributed by atoms with Crippen LogP contribution in [0.2, 0.25) is 0 Å². The van der Waals surface area contributed by atoms with Crippen molar-refractivity contribution >= 4 is 11.8 Å².